The normalized spacial score (nSPS) is 10.1. The van der Waals surface area contributed by atoms with Gasteiger partial charge in [-0.3, -0.25) is 0 Å². The van der Waals surface area contributed by atoms with Crippen LogP contribution in [0.5, 0.6) is 5.75 Å². The Balaban J connectivity index is 2.67. The molecule has 0 amide bonds. The molecule has 3 radical (unpaired) electrons. The van der Waals surface area contributed by atoms with E-state index in [1.54, 1.807) is 0 Å². The summed E-state index contributed by atoms with van der Waals surface area (Å²) < 4.78 is 4.93. The van der Waals surface area contributed by atoms with E-state index in [2.05, 4.69) is 22.6 Å². The van der Waals surface area contributed by atoms with Crippen molar-refractivity contribution in [3.8, 4) is 5.75 Å². The van der Waals surface area contributed by atoms with Gasteiger partial charge in [0.2, 0.25) is 0 Å². The lowest BCUT2D eigenvalue weighted by atomic mass is 10.1. The van der Waals surface area contributed by atoms with E-state index >= 15 is 0 Å². The Morgan fingerprint density at radius 2 is 1.67 bits per heavy atom. The van der Waals surface area contributed by atoms with Crippen molar-refractivity contribution < 1.29 is 4.43 Å². The Kier molecular flexibility index (Phi) is 1.84. The topological polar surface area (TPSA) is 9.23 Å². The summed E-state index contributed by atoms with van der Waals surface area (Å²) in [6, 6.07) is 14.1. The smallest absolute Gasteiger partial charge is 0.341 e. The van der Waals surface area contributed by atoms with Crippen LogP contribution >= 0.6 is 0 Å². The van der Waals surface area contributed by atoms with Crippen molar-refractivity contribution in [2.45, 2.75) is 0 Å². The molecule has 1 nitrogen and oxygen atoms in total. The average Bonchev–Trinajstić information content (AvgIpc) is 2.17. The van der Waals surface area contributed by atoms with Crippen LogP contribution in [0.25, 0.3) is 10.8 Å². The van der Waals surface area contributed by atoms with Gasteiger partial charge in [0, 0.05) is 0 Å². The fourth-order valence-corrected chi connectivity index (χ4v) is 1.36. The molecular weight excluding hydrogens is 164 g/mol. The number of hydrogen-bond donors (Lipinski definition) is 0. The Morgan fingerprint density at radius 1 is 0.917 bits per heavy atom. The molecule has 0 N–H and O–H groups in total. The van der Waals surface area contributed by atoms with Gasteiger partial charge in [0.1, 0.15) is 5.75 Å². The number of hydrogen-bond acceptors (Lipinski definition) is 1. The third kappa shape index (κ3) is 1.21. The van der Waals surface area contributed by atoms with Crippen LogP contribution < -0.4 is 4.43 Å². The standard InChI is InChI=1S/C10H7OSi/c12-11-10-6-5-8-3-1-2-4-9(8)7-10/h1-7H. The highest BCUT2D eigenvalue weighted by Gasteiger charge is 1.93. The molecule has 2 rings (SSSR count). The Labute approximate surface area is 74.5 Å². The van der Waals surface area contributed by atoms with Crippen molar-refractivity contribution in [2.24, 2.45) is 0 Å². The number of rotatable bonds is 1. The minimum absolute atomic E-state index is 0.824. The first-order valence-electron chi connectivity index (χ1n) is 3.72. The number of fused-ring (bicyclic) bond motifs is 1. The van der Waals surface area contributed by atoms with Gasteiger partial charge in [-0.2, -0.15) is 0 Å². The second kappa shape index (κ2) is 2.99. The maximum Gasteiger partial charge on any atom is 0.341 e. The molecule has 0 bridgehead atoms. The Bertz CT molecular complexity index is 398. The maximum absolute atomic E-state index is 4.93. The van der Waals surface area contributed by atoms with Gasteiger partial charge < -0.3 is 4.43 Å². The van der Waals surface area contributed by atoms with Gasteiger partial charge in [0.25, 0.3) is 0 Å². The minimum Gasteiger partial charge on any atom is -0.540 e. The van der Waals surface area contributed by atoms with E-state index in [4.69, 9.17) is 4.43 Å². The van der Waals surface area contributed by atoms with Gasteiger partial charge in [-0.15, -0.1) is 0 Å². The number of benzene rings is 2. The molecule has 0 saturated carbocycles. The molecule has 57 valence electrons. The molecule has 0 atom stereocenters. The first-order chi connectivity index (χ1) is 5.90. The van der Waals surface area contributed by atoms with Crippen LogP contribution in [0.4, 0.5) is 0 Å². The summed E-state index contributed by atoms with van der Waals surface area (Å²) in [5.41, 5.74) is 0. The van der Waals surface area contributed by atoms with Crippen molar-refractivity contribution in [3.05, 3.63) is 42.5 Å². The molecule has 0 heterocycles. The average molecular weight is 171 g/mol. The monoisotopic (exact) mass is 171 g/mol. The lowest BCUT2D eigenvalue weighted by molar-refractivity contribution is 0.617. The van der Waals surface area contributed by atoms with Crippen molar-refractivity contribution >= 4 is 21.3 Å². The zero-order chi connectivity index (χ0) is 8.39. The molecule has 2 heteroatoms. The molecule has 2 aromatic rings. The third-order valence-corrected chi connectivity index (χ3v) is 2.07. The summed E-state index contributed by atoms with van der Waals surface area (Å²) in [7, 11) is 2.99. The van der Waals surface area contributed by atoms with E-state index in [1.807, 2.05) is 30.3 Å². The summed E-state index contributed by atoms with van der Waals surface area (Å²) in [6.45, 7) is 0. The lowest BCUT2D eigenvalue weighted by Crippen LogP contribution is -1.83. The SMILES string of the molecule is [Si]Oc1ccc2ccccc2c1. The van der Waals surface area contributed by atoms with Crippen LogP contribution in [0.1, 0.15) is 0 Å². The van der Waals surface area contributed by atoms with Gasteiger partial charge in [-0.25, -0.2) is 0 Å². The van der Waals surface area contributed by atoms with Gasteiger partial charge in [-0.1, -0.05) is 30.3 Å². The molecule has 0 fully saturated rings. The zero-order valence-electron chi connectivity index (χ0n) is 6.45. The molecular formula is C10H7OSi. The van der Waals surface area contributed by atoms with Crippen molar-refractivity contribution in [1.29, 1.82) is 0 Å². The largest absolute Gasteiger partial charge is 0.540 e. The first kappa shape index (κ1) is 7.37. The highest BCUT2D eigenvalue weighted by Crippen LogP contribution is 2.19. The minimum atomic E-state index is 0.824. The molecule has 0 unspecified atom stereocenters. The van der Waals surface area contributed by atoms with Crippen molar-refractivity contribution in [1.82, 2.24) is 0 Å². The zero-order valence-corrected chi connectivity index (χ0v) is 7.45. The highest BCUT2D eigenvalue weighted by atomic mass is 28.2. The van der Waals surface area contributed by atoms with Gasteiger partial charge in [0.15, 0.2) is 0 Å². The van der Waals surface area contributed by atoms with E-state index < -0.39 is 0 Å². The molecule has 0 saturated heterocycles. The van der Waals surface area contributed by atoms with E-state index in [-0.39, 0.29) is 0 Å². The molecule has 0 aliphatic carbocycles. The lowest BCUT2D eigenvalue weighted by Gasteiger charge is -2.01. The van der Waals surface area contributed by atoms with Crippen molar-refractivity contribution in [3.63, 3.8) is 0 Å². The molecule has 0 aliphatic rings. The summed E-state index contributed by atoms with van der Waals surface area (Å²) >= 11 is 0. The predicted molar refractivity (Wildman–Crippen MR) is 50.3 cm³/mol. The van der Waals surface area contributed by atoms with E-state index in [1.165, 1.54) is 10.8 Å². The molecule has 2 aromatic carbocycles. The van der Waals surface area contributed by atoms with Gasteiger partial charge >= 0.3 is 10.5 Å². The van der Waals surface area contributed by atoms with Crippen LogP contribution in [0.3, 0.4) is 0 Å². The van der Waals surface area contributed by atoms with Crippen molar-refractivity contribution in [2.75, 3.05) is 0 Å². The summed E-state index contributed by atoms with van der Waals surface area (Å²) in [5.74, 6) is 0.824. The van der Waals surface area contributed by atoms with Crippen LogP contribution in [0.2, 0.25) is 0 Å². The van der Waals surface area contributed by atoms with Crippen LogP contribution in [0, 0.1) is 0 Å². The second-order valence-corrected chi connectivity index (χ2v) is 2.82. The molecule has 12 heavy (non-hydrogen) atoms. The fraction of sp³-hybridized carbons (Fsp3) is 0. The van der Waals surface area contributed by atoms with Crippen LogP contribution in [-0.4, -0.2) is 10.5 Å². The quantitative estimate of drug-likeness (QED) is 0.598. The van der Waals surface area contributed by atoms with Gasteiger partial charge in [-0.05, 0) is 22.9 Å². The fourth-order valence-electron chi connectivity index (χ4n) is 1.23. The third-order valence-electron chi connectivity index (χ3n) is 1.84. The molecule has 0 aromatic heterocycles. The Hall–Kier alpha value is -1.28. The highest BCUT2D eigenvalue weighted by molar-refractivity contribution is 6.00. The summed E-state index contributed by atoms with van der Waals surface area (Å²) in [6.07, 6.45) is 0. The molecule has 0 aliphatic heterocycles. The predicted octanol–water partition coefficient (Wildman–Crippen LogP) is 2.30. The van der Waals surface area contributed by atoms with E-state index in [9.17, 15) is 0 Å². The second-order valence-electron chi connectivity index (χ2n) is 2.61. The summed E-state index contributed by atoms with van der Waals surface area (Å²) in [4.78, 5) is 0. The summed E-state index contributed by atoms with van der Waals surface area (Å²) in [5, 5.41) is 2.42. The maximum atomic E-state index is 4.93. The first-order valence-corrected chi connectivity index (χ1v) is 4.13. The molecule has 0 spiro atoms. The Morgan fingerprint density at radius 3 is 2.42 bits per heavy atom. The van der Waals surface area contributed by atoms with E-state index in [0.29, 0.717) is 0 Å². The van der Waals surface area contributed by atoms with E-state index in [0.717, 1.165) is 5.75 Å². The van der Waals surface area contributed by atoms with Gasteiger partial charge in [0.05, 0.1) is 0 Å². The van der Waals surface area contributed by atoms with Crippen LogP contribution in [-0.2, 0) is 0 Å². The van der Waals surface area contributed by atoms with Crippen LogP contribution in [0.15, 0.2) is 42.5 Å².